The predicted molar refractivity (Wildman–Crippen MR) is 74.8 cm³/mol. The molecule has 1 amide bonds. The number of rotatable bonds is 6. The Morgan fingerprint density at radius 2 is 1.94 bits per heavy atom. The van der Waals surface area contributed by atoms with Gasteiger partial charge in [0.05, 0.1) is 0 Å². The number of anilines is 1. The van der Waals surface area contributed by atoms with Crippen LogP contribution in [0, 0.1) is 0 Å². The van der Waals surface area contributed by atoms with Gasteiger partial charge in [-0.1, -0.05) is 13.8 Å². The molecule has 2 N–H and O–H groups in total. The minimum atomic E-state index is -0.0426. The maximum Gasteiger partial charge on any atom is 0.251 e. The van der Waals surface area contributed by atoms with Crippen LogP contribution in [-0.2, 0) is 0 Å². The van der Waals surface area contributed by atoms with Crippen LogP contribution in [0.2, 0.25) is 0 Å². The van der Waals surface area contributed by atoms with Crippen molar-refractivity contribution in [3.8, 4) is 0 Å². The first kappa shape index (κ1) is 14.5. The maximum absolute atomic E-state index is 12.0. The number of hydrogen-bond acceptors (Lipinski definition) is 3. The van der Waals surface area contributed by atoms with Crippen LogP contribution in [0.15, 0.2) is 18.3 Å². The van der Waals surface area contributed by atoms with Crippen LogP contribution in [0.3, 0.4) is 0 Å². The fourth-order valence-corrected chi connectivity index (χ4v) is 1.41. The molecule has 0 fully saturated rings. The quantitative estimate of drug-likeness (QED) is 0.815. The van der Waals surface area contributed by atoms with Crippen LogP contribution in [-0.4, -0.2) is 23.0 Å². The van der Waals surface area contributed by atoms with Crippen molar-refractivity contribution in [1.82, 2.24) is 10.3 Å². The molecule has 0 aliphatic carbocycles. The van der Waals surface area contributed by atoms with Crippen LogP contribution in [0.1, 0.15) is 50.9 Å². The van der Waals surface area contributed by atoms with E-state index in [0.29, 0.717) is 11.6 Å². The molecule has 0 saturated heterocycles. The minimum Gasteiger partial charge on any atom is -0.368 e. The Kier molecular flexibility index (Phi) is 5.62. The molecule has 0 aliphatic heterocycles. The zero-order chi connectivity index (χ0) is 13.5. The molecule has 1 aromatic rings. The summed E-state index contributed by atoms with van der Waals surface area (Å²) >= 11 is 0. The van der Waals surface area contributed by atoms with Gasteiger partial charge in [-0.2, -0.15) is 0 Å². The summed E-state index contributed by atoms with van der Waals surface area (Å²) in [5, 5.41) is 6.21. The Morgan fingerprint density at radius 1 is 1.28 bits per heavy atom. The van der Waals surface area contributed by atoms with E-state index in [-0.39, 0.29) is 11.9 Å². The van der Waals surface area contributed by atoms with Crippen LogP contribution in [0.5, 0.6) is 0 Å². The van der Waals surface area contributed by atoms with Gasteiger partial charge < -0.3 is 10.6 Å². The van der Waals surface area contributed by atoms with E-state index < -0.39 is 0 Å². The fourth-order valence-electron chi connectivity index (χ4n) is 1.41. The van der Waals surface area contributed by atoms with Crippen molar-refractivity contribution in [2.45, 2.75) is 52.6 Å². The van der Waals surface area contributed by atoms with Gasteiger partial charge in [-0.05, 0) is 38.8 Å². The van der Waals surface area contributed by atoms with Crippen molar-refractivity contribution >= 4 is 11.7 Å². The lowest BCUT2D eigenvalue weighted by Gasteiger charge is -2.14. The molecule has 18 heavy (non-hydrogen) atoms. The van der Waals surface area contributed by atoms with Crippen molar-refractivity contribution in [3.63, 3.8) is 0 Å². The van der Waals surface area contributed by atoms with Crippen LogP contribution in [0.4, 0.5) is 5.82 Å². The van der Waals surface area contributed by atoms with Gasteiger partial charge in [-0.3, -0.25) is 4.79 Å². The van der Waals surface area contributed by atoms with Crippen LogP contribution in [0.25, 0.3) is 0 Å². The minimum absolute atomic E-state index is 0.0426. The normalized spacial score (nSPS) is 13.8. The van der Waals surface area contributed by atoms with Gasteiger partial charge in [-0.25, -0.2) is 4.98 Å². The zero-order valence-corrected chi connectivity index (χ0v) is 11.7. The summed E-state index contributed by atoms with van der Waals surface area (Å²) in [6, 6.07) is 4.07. The molecule has 4 heteroatoms. The Balaban J connectivity index is 2.72. The van der Waals surface area contributed by atoms with E-state index in [4.69, 9.17) is 0 Å². The van der Waals surface area contributed by atoms with Crippen molar-refractivity contribution in [3.05, 3.63) is 23.9 Å². The lowest BCUT2D eigenvalue weighted by atomic mass is 10.2. The zero-order valence-electron chi connectivity index (χ0n) is 11.7. The van der Waals surface area contributed by atoms with Gasteiger partial charge in [0.25, 0.3) is 5.91 Å². The summed E-state index contributed by atoms with van der Waals surface area (Å²) in [4.78, 5) is 16.2. The molecule has 0 radical (unpaired) electrons. The number of carbonyl (C=O) groups is 1. The highest BCUT2D eigenvalue weighted by Gasteiger charge is 2.09. The number of nitrogens with zero attached hydrogens (tertiary/aromatic N) is 1. The van der Waals surface area contributed by atoms with Gasteiger partial charge >= 0.3 is 0 Å². The summed E-state index contributed by atoms with van der Waals surface area (Å²) in [7, 11) is 0. The van der Waals surface area contributed by atoms with Gasteiger partial charge in [0.2, 0.25) is 0 Å². The first-order valence-corrected chi connectivity index (χ1v) is 6.60. The first-order chi connectivity index (χ1) is 8.56. The first-order valence-electron chi connectivity index (χ1n) is 6.60. The predicted octanol–water partition coefficient (Wildman–Crippen LogP) is 2.82. The second kappa shape index (κ2) is 6.99. The summed E-state index contributed by atoms with van der Waals surface area (Å²) in [5.41, 5.74) is 0.649. The molecule has 1 aromatic heterocycles. The standard InChI is InChI=1S/C14H23N3O/c1-5-10(3)16-13-9-12(7-8-15-13)14(18)17-11(4)6-2/h7-11H,5-6H2,1-4H3,(H,15,16)(H,17,18). The van der Waals surface area contributed by atoms with E-state index in [1.54, 1.807) is 18.3 Å². The van der Waals surface area contributed by atoms with Crippen molar-refractivity contribution < 1.29 is 4.79 Å². The molecule has 0 saturated carbocycles. The average molecular weight is 249 g/mol. The van der Waals surface area contributed by atoms with E-state index in [1.165, 1.54) is 0 Å². The summed E-state index contributed by atoms with van der Waals surface area (Å²) in [5.74, 6) is 0.708. The van der Waals surface area contributed by atoms with Crippen LogP contribution < -0.4 is 10.6 Å². The SMILES string of the molecule is CCC(C)NC(=O)c1ccnc(NC(C)CC)c1. The second-order valence-electron chi connectivity index (χ2n) is 4.67. The topological polar surface area (TPSA) is 54.0 Å². The third-order valence-corrected chi connectivity index (χ3v) is 3.02. The lowest BCUT2D eigenvalue weighted by molar-refractivity contribution is 0.0939. The maximum atomic E-state index is 12.0. The molecular weight excluding hydrogens is 226 g/mol. The van der Waals surface area contributed by atoms with E-state index in [9.17, 15) is 4.79 Å². The van der Waals surface area contributed by atoms with E-state index in [1.807, 2.05) is 13.8 Å². The molecule has 0 bridgehead atoms. The Hall–Kier alpha value is -1.58. The monoisotopic (exact) mass is 249 g/mol. The molecule has 2 unspecified atom stereocenters. The van der Waals surface area contributed by atoms with E-state index >= 15 is 0 Å². The molecule has 0 aromatic carbocycles. The molecule has 4 nitrogen and oxygen atoms in total. The number of nitrogens with one attached hydrogen (secondary N) is 2. The smallest absolute Gasteiger partial charge is 0.251 e. The van der Waals surface area contributed by atoms with E-state index in [0.717, 1.165) is 18.7 Å². The summed E-state index contributed by atoms with van der Waals surface area (Å²) in [6.45, 7) is 8.25. The largest absolute Gasteiger partial charge is 0.368 e. The highest BCUT2D eigenvalue weighted by molar-refractivity contribution is 5.94. The Bertz CT molecular complexity index is 392. The summed E-state index contributed by atoms with van der Waals surface area (Å²) in [6.07, 6.45) is 3.61. The number of amides is 1. The molecule has 1 heterocycles. The molecule has 2 atom stereocenters. The van der Waals surface area contributed by atoms with Gasteiger partial charge in [0.15, 0.2) is 0 Å². The number of hydrogen-bond donors (Lipinski definition) is 2. The lowest BCUT2D eigenvalue weighted by Crippen LogP contribution is -2.32. The fraction of sp³-hybridized carbons (Fsp3) is 0.571. The summed E-state index contributed by atoms with van der Waals surface area (Å²) < 4.78 is 0. The van der Waals surface area contributed by atoms with Gasteiger partial charge in [0, 0.05) is 23.8 Å². The van der Waals surface area contributed by atoms with E-state index in [2.05, 4.69) is 29.5 Å². The average Bonchev–Trinajstić information content (AvgIpc) is 2.38. The second-order valence-corrected chi connectivity index (χ2v) is 4.67. The molecule has 100 valence electrons. The van der Waals surface area contributed by atoms with Crippen LogP contribution >= 0.6 is 0 Å². The van der Waals surface area contributed by atoms with Gasteiger partial charge in [-0.15, -0.1) is 0 Å². The third-order valence-electron chi connectivity index (χ3n) is 3.02. The molecule has 0 spiro atoms. The molecule has 1 rings (SSSR count). The Morgan fingerprint density at radius 3 is 2.56 bits per heavy atom. The number of pyridine rings is 1. The molecular formula is C14H23N3O. The molecule has 0 aliphatic rings. The number of aromatic nitrogens is 1. The van der Waals surface area contributed by atoms with Crippen molar-refractivity contribution in [2.75, 3.05) is 5.32 Å². The van der Waals surface area contributed by atoms with Gasteiger partial charge in [0.1, 0.15) is 5.82 Å². The third kappa shape index (κ3) is 4.35. The number of carbonyl (C=O) groups excluding carboxylic acids is 1. The highest BCUT2D eigenvalue weighted by Crippen LogP contribution is 2.09. The highest BCUT2D eigenvalue weighted by atomic mass is 16.1. The van der Waals surface area contributed by atoms with Crippen molar-refractivity contribution in [1.29, 1.82) is 0 Å². The Labute approximate surface area is 109 Å². The van der Waals surface area contributed by atoms with Crippen molar-refractivity contribution in [2.24, 2.45) is 0 Å².